The van der Waals surface area contributed by atoms with E-state index in [4.69, 9.17) is 27.5 Å². The highest BCUT2D eigenvalue weighted by Crippen LogP contribution is 2.22. The molecule has 2 unspecified atom stereocenters. The normalized spacial score (nSPS) is 15.1. The van der Waals surface area contributed by atoms with Gasteiger partial charge in [-0.15, -0.1) is 10.2 Å². The molecule has 0 fully saturated rings. The lowest BCUT2D eigenvalue weighted by molar-refractivity contribution is -0.0150. The molecule has 1 rings (SSSR count). The van der Waals surface area contributed by atoms with E-state index in [0.29, 0.717) is 0 Å². The van der Waals surface area contributed by atoms with Crippen molar-refractivity contribution in [3.05, 3.63) is 16.8 Å². The third-order valence-corrected chi connectivity index (χ3v) is 1.88. The van der Waals surface area contributed by atoms with Gasteiger partial charge >= 0.3 is 0 Å². The zero-order valence-electron chi connectivity index (χ0n) is 7.13. The summed E-state index contributed by atoms with van der Waals surface area (Å²) in [6, 6.07) is 1.29. The zero-order chi connectivity index (χ0) is 10.7. The molecule has 0 amide bonds. The van der Waals surface area contributed by atoms with Crippen LogP contribution in [0.25, 0.3) is 0 Å². The lowest BCUT2D eigenvalue weighted by atomic mass is 10.1. The molecule has 7 heteroatoms. The van der Waals surface area contributed by atoms with E-state index in [1.807, 2.05) is 0 Å². The van der Waals surface area contributed by atoms with Gasteiger partial charge in [-0.3, -0.25) is 0 Å². The Balaban J connectivity index is 2.99. The monoisotopic (exact) mass is 219 g/mol. The van der Waals surface area contributed by atoms with Crippen LogP contribution in [0.4, 0.5) is 5.82 Å². The van der Waals surface area contributed by atoms with Crippen molar-refractivity contribution < 1.29 is 15.3 Å². The molecule has 0 spiro atoms. The van der Waals surface area contributed by atoms with E-state index in [1.165, 1.54) is 6.07 Å². The van der Waals surface area contributed by atoms with Crippen molar-refractivity contribution >= 4 is 17.4 Å². The third-order valence-electron chi connectivity index (χ3n) is 1.69. The zero-order valence-corrected chi connectivity index (χ0v) is 7.89. The average Bonchev–Trinajstić information content (AvgIpc) is 2.19. The molecule has 0 aromatic carbocycles. The first-order valence-corrected chi connectivity index (χ1v) is 4.19. The molecule has 0 aliphatic rings. The SMILES string of the molecule is Nc1nnc(Cl)cc1C(O)C(O)CO. The van der Waals surface area contributed by atoms with Gasteiger partial charge in [0.2, 0.25) is 0 Å². The Morgan fingerprint density at radius 1 is 1.43 bits per heavy atom. The largest absolute Gasteiger partial charge is 0.394 e. The summed E-state index contributed by atoms with van der Waals surface area (Å²) >= 11 is 5.52. The molecule has 0 saturated heterocycles. The first kappa shape index (κ1) is 11.1. The van der Waals surface area contributed by atoms with Gasteiger partial charge in [0.25, 0.3) is 0 Å². The Hall–Kier alpha value is -0.950. The Bertz CT molecular complexity index is 323. The van der Waals surface area contributed by atoms with E-state index < -0.39 is 18.8 Å². The lowest BCUT2D eigenvalue weighted by Gasteiger charge is -2.16. The molecule has 0 aliphatic heterocycles. The van der Waals surface area contributed by atoms with E-state index in [0.717, 1.165) is 0 Å². The van der Waals surface area contributed by atoms with Crippen molar-refractivity contribution in [2.75, 3.05) is 12.3 Å². The highest BCUT2D eigenvalue weighted by molar-refractivity contribution is 6.29. The van der Waals surface area contributed by atoms with Crippen molar-refractivity contribution in [2.24, 2.45) is 0 Å². The molecule has 0 aliphatic carbocycles. The van der Waals surface area contributed by atoms with Crippen LogP contribution in [0.15, 0.2) is 6.07 Å². The fourth-order valence-electron chi connectivity index (χ4n) is 0.935. The van der Waals surface area contributed by atoms with Crippen molar-refractivity contribution in [2.45, 2.75) is 12.2 Å². The van der Waals surface area contributed by atoms with Crippen molar-refractivity contribution in [3.8, 4) is 0 Å². The molecule has 0 saturated carbocycles. The van der Waals surface area contributed by atoms with E-state index in [1.54, 1.807) is 0 Å². The van der Waals surface area contributed by atoms with E-state index in [2.05, 4.69) is 10.2 Å². The number of rotatable bonds is 3. The summed E-state index contributed by atoms with van der Waals surface area (Å²) in [5.41, 5.74) is 5.54. The maximum Gasteiger partial charge on any atom is 0.152 e. The summed E-state index contributed by atoms with van der Waals surface area (Å²) in [6.45, 7) is -0.583. The first-order valence-electron chi connectivity index (χ1n) is 3.82. The quantitative estimate of drug-likeness (QED) is 0.524. The van der Waals surface area contributed by atoms with Crippen LogP contribution >= 0.6 is 11.6 Å². The summed E-state index contributed by atoms with van der Waals surface area (Å²) in [7, 11) is 0. The second kappa shape index (κ2) is 4.52. The number of hydrogen-bond acceptors (Lipinski definition) is 6. The summed E-state index contributed by atoms with van der Waals surface area (Å²) < 4.78 is 0. The fraction of sp³-hybridized carbons (Fsp3) is 0.429. The molecular formula is C7H10ClN3O3. The van der Waals surface area contributed by atoms with Gasteiger partial charge in [-0.2, -0.15) is 0 Å². The number of nitrogens with two attached hydrogens (primary N) is 1. The van der Waals surface area contributed by atoms with Gasteiger partial charge in [-0.1, -0.05) is 11.6 Å². The van der Waals surface area contributed by atoms with Gasteiger partial charge in [0.15, 0.2) is 11.0 Å². The molecular weight excluding hydrogens is 210 g/mol. The number of hydrogen-bond donors (Lipinski definition) is 4. The third kappa shape index (κ3) is 2.30. The first-order chi connectivity index (χ1) is 6.56. The van der Waals surface area contributed by atoms with Gasteiger partial charge in [0.1, 0.15) is 12.2 Å². The van der Waals surface area contributed by atoms with Crippen LogP contribution in [-0.4, -0.2) is 38.2 Å². The summed E-state index contributed by atoms with van der Waals surface area (Å²) in [5, 5.41) is 34.2. The van der Waals surface area contributed by atoms with Crippen LogP contribution in [0.3, 0.4) is 0 Å². The van der Waals surface area contributed by atoms with Gasteiger partial charge in [-0.05, 0) is 6.07 Å². The minimum Gasteiger partial charge on any atom is -0.394 e. The summed E-state index contributed by atoms with van der Waals surface area (Å²) in [5.74, 6) is -0.0330. The highest BCUT2D eigenvalue weighted by atomic mass is 35.5. The van der Waals surface area contributed by atoms with E-state index >= 15 is 0 Å². The van der Waals surface area contributed by atoms with Gasteiger partial charge in [0.05, 0.1) is 6.61 Å². The number of halogens is 1. The van der Waals surface area contributed by atoms with Crippen LogP contribution in [0, 0.1) is 0 Å². The smallest absolute Gasteiger partial charge is 0.152 e. The van der Waals surface area contributed by atoms with Crippen LogP contribution in [0.5, 0.6) is 0 Å². The maximum atomic E-state index is 9.48. The van der Waals surface area contributed by atoms with Crippen LogP contribution in [-0.2, 0) is 0 Å². The topological polar surface area (TPSA) is 112 Å². The molecule has 2 atom stereocenters. The Kier molecular flexibility index (Phi) is 3.59. The Labute approximate surface area is 85.0 Å². The second-order valence-corrected chi connectivity index (χ2v) is 3.09. The molecule has 1 aromatic heterocycles. The van der Waals surface area contributed by atoms with Gasteiger partial charge in [-0.25, -0.2) is 0 Å². The Morgan fingerprint density at radius 2 is 2.07 bits per heavy atom. The maximum absolute atomic E-state index is 9.48. The van der Waals surface area contributed by atoms with E-state index in [-0.39, 0.29) is 16.5 Å². The minimum atomic E-state index is -1.33. The standard InChI is InChI=1S/C7H10ClN3O3/c8-5-1-3(7(9)11-10-5)6(14)4(13)2-12/h1,4,6,12-14H,2H2,(H2,9,11). The Morgan fingerprint density at radius 3 is 2.64 bits per heavy atom. The molecule has 1 heterocycles. The summed E-state index contributed by atoms with van der Waals surface area (Å²) in [6.07, 6.45) is -2.65. The van der Waals surface area contributed by atoms with Crippen LogP contribution in [0.2, 0.25) is 5.15 Å². The predicted octanol–water partition coefficient (Wildman–Crippen LogP) is -0.901. The number of aliphatic hydroxyl groups excluding tert-OH is 3. The number of aromatic nitrogens is 2. The van der Waals surface area contributed by atoms with Crippen LogP contribution < -0.4 is 5.73 Å². The molecule has 0 bridgehead atoms. The molecule has 14 heavy (non-hydrogen) atoms. The number of aliphatic hydroxyl groups is 3. The fourth-order valence-corrected chi connectivity index (χ4v) is 1.09. The van der Waals surface area contributed by atoms with Crippen molar-refractivity contribution in [1.82, 2.24) is 10.2 Å². The molecule has 5 N–H and O–H groups in total. The summed E-state index contributed by atoms with van der Waals surface area (Å²) in [4.78, 5) is 0. The molecule has 1 aromatic rings. The van der Waals surface area contributed by atoms with Gasteiger partial charge in [0, 0.05) is 5.56 Å². The number of nitrogen functional groups attached to an aromatic ring is 1. The molecule has 78 valence electrons. The van der Waals surface area contributed by atoms with Crippen molar-refractivity contribution in [3.63, 3.8) is 0 Å². The number of nitrogens with zero attached hydrogens (tertiary/aromatic N) is 2. The number of anilines is 1. The van der Waals surface area contributed by atoms with Gasteiger partial charge < -0.3 is 21.1 Å². The minimum absolute atomic E-state index is 0.0330. The molecule has 6 nitrogen and oxygen atoms in total. The molecule has 0 radical (unpaired) electrons. The highest BCUT2D eigenvalue weighted by Gasteiger charge is 2.21. The van der Waals surface area contributed by atoms with Crippen molar-refractivity contribution in [1.29, 1.82) is 0 Å². The average molecular weight is 220 g/mol. The van der Waals surface area contributed by atoms with Crippen LogP contribution in [0.1, 0.15) is 11.7 Å². The van der Waals surface area contributed by atoms with E-state index in [9.17, 15) is 5.11 Å². The predicted molar refractivity (Wildman–Crippen MR) is 49.5 cm³/mol. The lowest BCUT2D eigenvalue weighted by Crippen LogP contribution is -2.23. The second-order valence-electron chi connectivity index (χ2n) is 2.70.